The van der Waals surface area contributed by atoms with Gasteiger partial charge < -0.3 is 24.8 Å². The molecule has 2 rings (SSSR count). The largest absolute Gasteiger partial charge is 0.380 e. The van der Waals surface area contributed by atoms with Gasteiger partial charge in [-0.1, -0.05) is 24.3 Å². The lowest BCUT2D eigenvalue weighted by Gasteiger charge is -2.13. The van der Waals surface area contributed by atoms with Crippen LogP contribution in [0, 0.1) is 0 Å². The number of nitrogens with zero attached hydrogens (tertiary/aromatic N) is 1. The van der Waals surface area contributed by atoms with Gasteiger partial charge in [0.15, 0.2) is 5.96 Å². The minimum absolute atomic E-state index is 0. The fraction of sp³-hybridized carbons (Fsp3) is 0.632. The Kier molecular flexibility index (Phi) is 12.6. The zero-order valence-electron chi connectivity index (χ0n) is 15.8. The summed E-state index contributed by atoms with van der Waals surface area (Å²) in [4.78, 5) is 4.65. The molecule has 0 radical (unpaired) electrons. The van der Waals surface area contributed by atoms with E-state index in [2.05, 4.69) is 40.7 Å². The molecule has 0 spiro atoms. The van der Waals surface area contributed by atoms with Crippen LogP contribution in [0.4, 0.5) is 0 Å². The Morgan fingerprint density at radius 3 is 2.88 bits per heavy atom. The number of hydrogen-bond acceptors (Lipinski definition) is 4. The topological polar surface area (TPSA) is 64.1 Å². The molecule has 1 aliphatic rings. The number of rotatable bonds is 10. The van der Waals surface area contributed by atoms with Crippen LogP contribution < -0.4 is 10.6 Å². The predicted octanol–water partition coefficient (Wildman–Crippen LogP) is 2.70. The number of benzene rings is 1. The summed E-state index contributed by atoms with van der Waals surface area (Å²) in [5.41, 5.74) is 2.34. The van der Waals surface area contributed by atoms with Gasteiger partial charge in [0, 0.05) is 33.4 Å². The second-order valence-electron chi connectivity index (χ2n) is 6.08. The van der Waals surface area contributed by atoms with Crippen LogP contribution in [-0.2, 0) is 27.4 Å². The summed E-state index contributed by atoms with van der Waals surface area (Å²) in [5.74, 6) is 0.837. The lowest BCUT2D eigenvalue weighted by molar-refractivity contribution is 0.0420. The van der Waals surface area contributed by atoms with Crippen LogP contribution in [0.2, 0.25) is 0 Å². The van der Waals surface area contributed by atoms with E-state index in [-0.39, 0.29) is 30.1 Å². The third-order valence-corrected chi connectivity index (χ3v) is 3.92. The molecule has 1 saturated heterocycles. The van der Waals surface area contributed by atoms with Gasteiger partial charge in [-0.15, -0.1) is 24.0 Å². The van der Waals surface area contributed by atoms with Crippen molar-refractivity contribution in [2.24, 2.45) is 4.99 Å². The van der Waals surface area contributed by atoms with E-state index in [0.717, 1.165) is 51.7 Å². The van der Waals surface area contributed by atoms with E-state index in [9.17, 15) is 0 Å². The predicted molar refractivity (Wildman–Crippen MR) is 115 cm³/mol. The molecule has 0 amide bonds. The van der Waals surface area contributed by atoms with Gasteiger partial charge in [-0.05, 0) is 30.9 Å². The molecule has 0 saturated carbocycles. The summed E-state index contributed by atoms with van der Waals surface area (Å²) < 4.78 is 16.3. The molecule has 1 fully saturated rings. The molecule has 1 aromatic rings. The smallest absolute Gasteiger partial charge is 0.191 e. The first kappa shape index (κ1) is 23.1. The highest BCUT2D eigenvalue weighted by molar-refractivity contribution is 14.0. The van der Waals surface area contributed by atoms with Crippen LogP contribution in [0.1, 0.15) is 30.9 Å². The molecular formula is C19H32IN3O3. The Labute approximate surface area is 174 Å². The second-order valence-corrected chi connectivity index (χ2v) is 6.08. The van der Waals surface area contributed by atoms with Crippen molar-refractivity contribution in [2.45, 2.75) is 39.0 Å². The van der Waals surface area contributed by atoms with Crippen molar-refractivity contribution in [1.82, 2.24) is 10.6 Å². The Morgan fingerprint density at radius 1 is 1.31 bits per heavy atom. The summed E-state index contributed by atoms with van der Waals surface area (Å²) in [6.45, 7) is 7.32. The molecule has 1 atom stereocenters. The third-order valence-electron chi connectivity index (χ3n) is 3.92. The first-order valence-electron chi connectivity index (χ1n) is 9.10. The Balaban J connectivity index is 0.00000338. The molecule has 0 bridgehead atoms. The van der Waals surface area contributed by atoms with Crippen LogP contribution in [-0.4, -0.2) is 52.1 Å². The van der Waals surface area contributed by atoms with Gasteiger partial charge in [0.1, 0.15) is 0 Å². The molecule has 148 valence electrons. The molecule has 26 heavy (non-hydrogen) atoms. The second kappa shape index (κ2) is 14.2. The highest BCUT2D eigenvalue weighted by atomic mass is 127. The van der Waals surface area contributed by atoms with E-state index >= 15 is 0 Å². The lowest BCUT2D eigenvalue weighted by atomic mass is 10.1. The number of hydrogen-bond donors (Lipinski definition) is 2. The summed E-state index contributed by atoms with van der Waals surface area (Å²) in [6.07, 6.45) is 2.24. The van der Waals surface area contributed by atoms with Crippen molar-refractivity contribution in [2.75, 3.05) is 40.0 Å². The number of methoxy groups -OCH3 is 1. The van der Waals surface area contributed by atoms with Gasteiger partial charge >= 0.3 is 0 Å². The molecular weight excluding hydrogens is 445 g/mol. The normalized spacial score (nSPS) is 17.0. The summed E-state index contributed by atoms with van der Waals surface area (Å²) in [6, 6.07) is 8.33. The standard InChI is InChI=1S/C19H31N3O3.HI/c1-3-20-19(21-9-5-10-25-18-8-11-24-15-18)22-13-16-6-4-7-17(12-16)14-23-2;/h4,6-7,12,18H,3,5,8-11,13-15H2,1-2H3,(H2,20,21,22);1H. The summed E-state index contributed by atoms with van der Waals surface area (Å²) >= 11 is 0. The van der Waals surface area contributed by atoms with Crippen molar-refractivity contribution in [3.05, 3.63) is 35.4 Å². The lowest BCUT2D eigenvalue weighted by Crippen LogP contribution is -2.38. The van der Waals surface area contributed by atoms with Crippen LogP contribution >= 0.6 is 24.0 Å². The number of ether oxygens (including phenoxy) is 3. The number of halogens is 1. The van der Waals surface area contributed by atoms with E-state index < -0.39 is 0 Å². The van der Waals surface area contributed by atoms with Gasteiger partial charge in [-0.3, -0.25) is 0 Å². The first-order valence-corrected chi connectivity index (χ1v) is 9.10. The minimum Gasteiger partial charge on any atom is -0.380 e. The highest BCUT2D eigenvalue weighted by Crippen LogP contribution is 2.08. The Bertz CT molecular complexity index is 523. The highest BCUT2D eigenvalue weighted by Gasteiger charge is 2.15. The van der Waals surface area contributed by atoms with Gasteiger partial charge in [-0.25, -0.2) is 4.99 Å². The average Bonchev–Trinajstić information content (AvgIpc) is 3.13. The molecule has 1 aliphatic heterocycles. The molecule has 1 heterocycles. The molecule has 0 aliphatic carbocycles. The molecule has 0 aromatic heterocycles. The van der Waals surface area contributed by atoms with Gasteiger partial charge in [-0.2, -0.15) is 0 Å². The SMILES string of the molecule is CCNC(=NCc1cccc(COC)c1)NCCCOC1CCOC1.I. The monoisotopic (exact) mass is 477 g/mol. The molecule has 7 heteroatoms. The average molecular weight is 477 g/mol. The van der Waals surface area contributed by atoms with Crippen molar-refractivity contribution in [1.29, 1.82) is 0 Å². The van der Waals surface area contributed by atoms with Crippen LogP contribution in [0.3, 0.4) is 0 Å². The fourth-order valence-electron chi connectivity index (χ4n) is 2.67. The van der Waals surface area contributed by atoms with E-state index in [1.807, 2.05) is 6.07 Å². The van der Waals surface area contributed by atoms with Crippen molar-refractivity contribution in [3.63, 3.8) is 0 Å². The molecule has 2 N–H and O–H groups in total. The summed E-state index contributed by atoms with van der Waals surface area (Å²) in [5, 5.41) is 6.64. The van der Waals surface area contributed by atoms with Crippen LogP contribution in [0.25, 0.3) is 0 Å². The maximum Gasteiger partial charge on any atom is 0.191 e. The van der Waals surface area contributed by atoms with Gasteiger partial charge in [0.05, 0.1) is 25.9 Å². The minimum atomic E-state index is 0. The van der Waals surface area contributed by atoms with Gasteiger partial charge in [0.25, 0.3) is 0 Å². The quantitative estimate of drug-likeness (QED) is 0.235. The van der Waals surface area contributed by atoms with E-state index in [0.29, 0.717) is 13.2 Å². The van der Waals surface area contributed by atoms with E-state index in [1.54, 1.807) is 7.11 Å². The Hall–Kier alpha value is -0.900. The molecule has 6 nitrogen and oxygen atoms in total. The maximum atomic E-state index is 5.77. The van der Waals surface area contributed by atoms with Crippen molar-refractivity contribution < 1.29 is 14.2 Å². The maximum absolute atomic E-state index is 5.77. The zero-order valence-corrected chi connectivity index (χ0v) is 18.2. The van der Waals surface area contributed by atoms with Crippen molar-refractivity contribution >= 4 is 29.9 Å². The Morgan fingerprint density at radius 2 is 2.15 bits per heavy atom. The van der Waals surface area contributed by atoms with Gasteiger partial charge in [0.2, 0.25) is 0 Å². The van der Waals surface area contributed by atoms with Crippen LogP contribution in [0.5, 0.6) is 0 Å². The summed E-state index contributed by atoms with van der Waals surface area (Å²) in [7, 11) is 1.71. The van der Waals surface area contributed by atoms with E-state index in [1.165, 1.54) is 11.1 Å². The first-order chi connectivity index (χ1) is 12.3. The molecule has 1 aromatic carbocycles. The molecule has 1 unspecified atom stereocenters. The van der Waals surface area contributed by atoms with Crippen molar-refractivity contribution in [3.8, 4) is 0 Å². The van der Waals surface area contributed by atoms with E-state index in [4.69, 9.17) is 14.2 Å². The zero-order chi connectivity index (χ0) is 17.7. The number of aliphatic imine (C=N–C) groups is 1. The fourth-order valence-corrected chi connectivity index (χ4v) is 2.67. The number of nitrogens with one attached hydrogen (secondary N) is 2. The number of guanidine groups is 1. The van der Waals surface area contributed by atoms with Crippen LogP contribution in [0.15, 0.2) is 29.3 Å². The third kappa shape index (κ3) is 9.16.